The van der Waals surface area contributed by atoms with Crippen molar-refractivity contribution in [1.29, 1.82) is 0 Å². The van der Waals surface area contributed by atoms with Crippen LogP contribution in [0.1, 0.15) is 17.9 Å². The first-order chi connectivity index (χ1) is 10.3. The maximum Gasteiger partial charge on any atom is 0.225 e. The van der Waals surface area contributed by atoms with E-state index < -0.39 is 0 Å². The van der Waals surface area contributed by atoms with E-state index in [1.807, 2.05) is 12.1 Å². The van der Waals surface area contributed by atoms with Crippen LogP contribution in [-0.4, -0.2) is 45.2 Å². The average Bonchev–Trinajstić information content (AvgIpc) is 2.99. The molecule has 2 aliphatic rings. The summed E-state index contributed by atoms with van der Waals surface area (Å²) in [6.07, 6.45) is 0.946. The molecule has 1 aromatic carbocycles. The van der Waals surface area contributed by atoms with E-state index in [1.165, 1.54) is 5.56 Å². The maximum absolute atomic E-state index is 12.4. The number of ether oxygens (including phenoxy) is 1. The minimum absolute atomic E-state index is 0. The van der Waals surface area contributed by atoms with Crippen LogP contribution in [0, 0.1) is 5.92 Å². The molecule has 5 nitrogen and oxygen atoms in total. The molecule has 2 aliphatic heterocycles. The topological polar surface area (TPSA) is 62.4 Å². The fourth-order valence-electron chi connectivity index (χ4n) is 3.06. The Labute approximate surface area is 149 Å². The fraction of sp³-hybridized carbons (Fsp3) is 0.562. The van der Waals surface area contributed by atoms with Gasteiger partial charge in [-0.3, -0.25) is 4.79 Å². The Balaban J connectivity index is 0.00000132. The van der Waals surface area contributed by atoms with Crippen LogP contribution in [-0.2, 0) is 4.79 Å². The van der Waals surface area contributed by atoms with Gasteiger partial charge in [-0.25, -0.2) is 0 Å². The minimum Gasteiger partial charge on any atom is -0.492 e. The van der Waals surface area contributed by atoms with E-state index in [-0.39, 0.29) is 42.6 Å². The van der Waals surface area contributed by atoms with Crippen LogP contribution in [0.4, 0.5) is 0 Å². The van der Waals surface area contributed by atoms with Gasteiger partial charge in [-0.1, -0.05) is 12.1 Å². The minimum atomic E-state index is 0. The molecular formula is C16H25Cl2N3O2. The van der Waals surface area contributed by atoms with Crippen LogP contribution < -0.4 is 20.7 Å². The summed E-state index contributed by atoms with van der Waals surface area (Å²) in [4.78, 5) is 12.4. The Hall–Kier alpha value is -1.01. The molecule has 7 heteroatoms. The summed E-state index contributed by atoms with van der Waals surface area (Å²) in [5, 5.41) is 9.73. The van der Waals surface area contributed by atoms with Crippen LogP contribution in [0.15, 0.2) is 24.3 Å². The van der Waals surface area contributed by atoms with Gasteiger partial charge in [0.1, 0.15) is 12.4 Å². The molecule has 23 heavy (non-hydrogen) atoms. The van der Waals surface area contributed by atoms with E-state index in [4.69, 9.17) is 4.74 Å². The molecule has 1 saturated heterocycles. The van der Waals surface area contributed by atoms with Gasteiger partial charge in [0, 0.05) is 32.1 Å². The van der Waals surface area contributed by atoms with E-state index in [9.17, 15) is 4.79 Å². The van der Waals surface area contributed by atoms with Gasteiger partial charge >= 0.3 is 0 Å². The zero-order chi connectivity index (χ0) is 14.5. The Kier molecular flexibility index (Phi) is 8.69. The molecule has 2 bridgehead atoms. The van der Waals surface area contributed by atoms with Crippen molar-refractivity contribution in [3.8, 4) is 5.75 Å². The van der Waals surface area contributed by atoms with Crippen molar-refractivity contribution in [2.45, 2.75) is 12.3 Å². The molecule has 2 atom stereocenters. The molecule has 3 rings (SSSR count). The number of carbonyl (C=O) groups excluding carboxylic acids is 1. The first kappa shape index (κ1) is 20.0. The summed E-state index contributed by atoms with van der Waals surface area (Å²) in [6.45, 7) is 4.73. The zero-order valence-corrected chi connectivity index (χ0v) is 14.7. The standard InChI is InChI=1S/C16H23N3O2.2ClH/c20-16-15-11-18-10-14(15)12-3-1-4-13(9-12)21-8-7-17-5-2-6-19-16;;/h1,3-4,9,14-15,17-18H,2,5-8,10-11H2,(H,19,20);2*1H/t14-,15+;;/m1../s1. The summed E-state index contributed by atoms with van der Waals surface area (Å²) in [7, 11) is 0. The monoisotopic (exact) mass is 361 g/mol. The molecule has 130 valence electrons. The predicted molar refractivity (Wildman–Crippen MR) is 96.0 cm³/mol. The van der Waals surface area contributed by atoms with E-state index in [0.717, 1.165) is 44.9 Å². The van der Waals surface area contributed by atoms with Crippen molar-refractivity contribution in [2.24, 2.45) is 5.92 Å². The number of hydrogen-bond acceptors (Lipinski definition) is 4. The van der Waals surface area contributed by atoms with E-state index in [2.05, 4.69) is 28.1 Å². The van der Waals surface area contributed by atoms with Crippen LogP contribution in [0.2, 0.25) is 0 Å². The van der Waals surface area contributed by atoms with Crippen molar-refractivity contribution in [1.82, 2.24) is 16.0 Å². The van der Waals surface area contributed by atoms with Gasteiger partial charge in [-0.2, -0.15) is 0 Å². The summed E-state index contributed by atoms with van der Waals surface area (Å²) in [5.74, 6) is 1.29. The van der Waals surface area contributed by atoms with Crippen molar-refractivity contribution >= 4 is 30.7 Å². The third-order valence-electron chi connectivity index (χ3n) is 4.21. The molecule has 1 amide bonds. The molecule has 0 aliphatic carbocycles. The van der Waals surface area contributed by atoms with Crippen molar-refractivity contribution < 1.29 is 9.53 Å². The van der Waals surface area contributed by atoms with Crippen LogP contribution in [0.3, 0.4) is 0 Å². The van der Waals surface area contributed by atoms with Crippen LogP contribution >= 0.6 is 24.8 Å². The third kappa shape index (κ3) is 5.24. The summed E-state index contributed by atoms with van der Waals surface area (Å²) in [5.41, 5.74) is 1.18. The van der Waals surface area contributed by atoms with E-state index >= 15 is 0 Å². The maximum atomic E-state index is 12.4. The number of hydrogen-bond donors (Lipinski definition) is 3. The first-order valence-electron chi connectivity index (χ1n) is 7.76. The van der Waals surface area contributed by atoms with Gasteiger partial charge in [0.05, 0.1) is 5.92 Å². The summed E-state index contributed by atoms with van der Waals surface area (Å²) in [6, 6.07) is 8.16. The number of carbonyl (C=O) groups is 1. The van der Waals surface area contributed by atoms with Crippen LogP contribution in [0.25, 0.3) is 0 Å². The van der Waals surface area contributed by atoms with Gasteiger partial charge in [0.15, 0.2) is 0 Å². The Bertz CT molecular complexity index is 502. The van der Waals surface area contributed by atoms with Crippen molar-refractivity contribution in [2.75, 3.05) is 39.3 Å². The highest BCUT2D eigenvalue weighted by atomic mass is 35.5. The number of amides is 1. The molecule has 0 radical (unpaired) electrons. The molecule has 0 aromatic heterocycles. The average molecular weight is 362 g/mol. The summed E-state index contributed by atoms with van der Waals surface area (Å²) < 4.78 is 5.78. The molecule has 1 aromatic rings. The lowest BCUT2D eigenvalue weighted by Gasteiger charge is -2.20. The number of benzene rings is 1. The highest BCUT2D eigenvalue weighted by Gasteiger charge is 2.33. The number of fused-ring (bicyclic) bond motifs is 4. The molecule has 2 heterocycles. The molecule has 0 unspecified atom stereocenters. The number of halogens is 2. The second kappa shape index (κ2) is 9.98. The molecule has 0 spiro atoms. The van der Waals surface area contributed by atoms with E-state index in [0.29, 0.717) is 6.61 Å². The first-order valence-corrected chi connectivity index (χ1v) is 7.76. The third-order valence-corrected chi connectivity index (χ3v) is 4.21. The van der Waals surface area contributed by atoms with E-state index in [1.54, 1.807) is 0 Å². The number of nitrogens with one attached hydrogen (secondary N) is 3. The smallest absolute Gasteiger partial charge is 0.225 e. The Morgan fingerprint density at radius 3 is 2.70 bits per heavy atom. The van der Waals surface area contributed by atoms with Crippen molar-refractivity contribution in [3.05, 3.63) is 29.8 Å². The fourth-order valence-corrected chi connectivity index (χ4v) is 3.06. The van der Waals surface area contributed by atoms with Gasteiger partial charge in [-0.05, 0) is 30.7 Å². The van der Waals surface area contributed by atoms with Gasteiger partial charge in [0.25, 0.3) is 0 Å². The Morgan fingerprint density at radius 2 is 1.83 bits per heavy atom. The normalized spacial score (nSPS) is 24.8. The predicted octanol–water partition coefficient (Wildman–Crippen LogP) is 1.32. The molecule has 0 saturated carbocycles. The lowest BCUT2D eigenvalue weighted by molar-refractivity contribution is -0.124. The second-order valence-corrected chi connectivity index (χ2v) is 5.69. The van der Waals surface area contributed by atoms with Gasteiger partial charge in [0.2, 0.25) is 5.91 Å². The largest absolute Gasteiger partial charge is 0.492 e. The quantitative estimate of drug-likeness (QED) is 0.652. The van der Waals surface area contributed by atoms with Gasteiger partial charge < -0.3 is 20.7 Å². The second-order valence-electron chi connectivity index (χ2n) is 5.69. The highest BCUT2D eigenvalue weighted by Crippen LogP contribution is 2.30. The van der Waals surface area contributed by atoms with Crippen LogP contribution in [0.5, 0.6) is 5.75 Å². The summed E-state index contributed by atoms with van der Waals surface area (Å²) >= 11 is 0. The lowest BCUT2D eigenvalue weighted by Crippen LogP contribution is -2.36. The SMILES string of the molecule is Cl.Cl.O=C1NCCCNCCOc2cccc(c2)[C@H]2CNC[C@H]12. The van der Waals surface area contributed by atoms with Crippen molar-refractivity contribution in [3.63, 3.8) is 0 Å². The zero-order valence-electron chi connectivity index (χ0n) is 13.0. The molecular weight excluding hydrogens is 337 g/mol. The Morgan fingerprint density at radius 1 is 1.00 bits per heavy atom. The van der Waals surface area contributed by atoms with Gasteiger partial charge in [-0.15, -0.1) is 24.8 Å². The highest BCUT2D eigenvalue weighted by molar-refractivity contribution is 5.85. The lowest BCUT2D eigenvalue weighted by atomic mass is 9.88. The number of rotatable bonds is 0. The molecule has 3 N–H and O–H groups in total. The molecule has 1 fully saturated rings.